The van der Waals surface area contributed by atoms with Crippen molar-refractivity contribution in [2.24, 2.45) is 5.41 Å². The fourth-order valence-corrected chi connectivity index (χ4v) is 2.63. The predicted octanol–water partition coefficient (Wildman–Crippen LogP) is 2.54. The molecule has 1 aliphatic heterocycles. The van der Waals surface area contributed by atoms with E-state index in [2.05, 4.69) is 18.5 Å². The van der Waals surface area contributed by atoms with Gasteiger partial charge >= 0.3 is 0 Å². The Morgan fingerprint density at radius 3 is 2.93 bits per heavy atom. The largest absolute Gasteiger partial charge is 0.381 e. The van der Waals surface area contributed by atoms with Crippen LogP contribution in [0.1, 0.15) is 32.6 Å². The number of thioether (sulfide) groups is 1. The molecule has 2 nitrogen and oxygen atoms in total. The van der Waals surface area contributed by atoms with Crippen LogP contribution in [0.4, 0.5) is 0 Å². The van der Waals surface area contributed by atoms with E-state index in [9.17, 15) is 0 Å². The van der Waals surface area contributed by atoms with Gasteiger partial charge in [0, 0.05) is 18.6 Å². The van der Waals surface area contributed by atoms with Crippen LogP contribution in [-0.2, 0) is 4.74 Å². The van der Waals surface area contributed by atoms with E-state index in [1.807, 2.05) is 11.8 Å². The third kappa shape index (κ3) is 4.75. The first-order valence-corrected chi connectivity index (χ1v) is 7.50. The molecule has 1 rings (SSSR count). The smallest absolute Gasteiger partial charge is 0.0535 e. The lowest BCUT2D eigenvalue weighted by Crippen LogP contribution is -2.35. The van der Waals surface area contributed by atoms with Crippen molar-refractivity contribution in [2.75, 3.05) is 38.3 Å². The molecule has 90 valence electrons. The molecule has 0 aliphatic carbocycles. The molecule has 15 heavy (non-hydrogen) atoms. The maximum absolute atomic E-state index is 5.58. The second-order valence-corrected chi connectivity index (χ2v) is 5.56. The third-order valence-corrected chi connectivity index (χ3v) is 3.86. The van der Waals surface area contributed by atoms with Gasteiger partial charge in [-0.25, -0.2) is 0 Å². The second-order valence-electron chi connectivity index (χ2n) is 4.58. The summed E-state index contributed by atoms with van der Waals surface area (Å²) in [5.74, 6) is 1.29. The van der Waals surface area contributed by atoms with Gasteiger partial charge in [-0.3, -0.25) is 0 Å². The van der Waals surface area contributed by atoms with Gasteiger partial charge in [-0.05, 0) is 44.2 Å². The van der Waals surface area contributed by atoms with E-state index in [1.165, 1.54) is 31.4 Å². The highest BCUT2D eigenvalue weighted by Gasteiger charge is 2.33. The van der Waals surface area contributed by atoms with Crippen molar-refractivity contribution in [3.63, 3.8) is 0 Å². The fourth-order valence-electron chi connectivity index (χ4n) is 2.20. The van der Waals surface area contributed by atoms with Crippen molar-refractivity contribution in [1.82, 2.24) is 5.32 Å². The van der Waals surface area contributed by atoms with Crippen LogP contribution >= 0.6 is 11.8 Å². The Labute approximate surface area is 98.5 Å². The third-order valence-electron chi connectivity index (χ3n) is 3.17. The molecule has 1 fully saturated rings. The summed E-state index contributed by atoms with van der Waals surface area (Å²) in [6.45, 7) is 6.45. The Kier molecular flexibility index (Phi) is 6.69. The van der Waals surface area contributed by atoms with Crippen LogP contribution < -0.4 is 5.32 Å². The van der Waals surface area contributed by atoms with Crippen molar-refractivity contribution < 1.29 is 4.74 Å². The molecular weight excluding hydrogens is 206 g/mol. The molecule has 1 heterocycles. The first kappa shape index (κ1) is 13.3. The summed E-state index contributed by atoms with van der Waals surface area (Å²) in [4.78, 5) is 0. The highest BCUT2D eigenvalue weighted by Crippen LogP contribution is 2.33. The number of hydrogen-bond acceptors (Lipinski definition) is 3. The zero-order valence-corrected chi connectivity index (χ0v) is 11.0. The summed E-state index contributed by atoms with van der Waals surface area (Å²) in [5.41, 5.74) is 0.449. The molecular formula is C12H25NOS. The topological polar surface area (TPSA) is 21.3 Å². The summed E-state index contributed by atoms with van der Waals surface area (Å²) < 4.78 is 5.58. The average molecular weight is 231 g/mol. The van der Waals surface area contributed by atoms with Crippen LogP contribution in [-0.4, -0.2) is 38.3 Å². The van der Waals surface area contributed by atoms with E-state index >= 15 is 0 Å². The van der Waals surface area contributed by atoms with E-state index in [0.717, 1.165) is 26.3 Å². The van der Waals surface area contributed by atoms with Crippen molar-refractivity contribution in [3.05, 3.63) is 0 Å². The maximum Gasteiger partial charge on any atom is 0.0535 e. The Bertz CT molecular complexity index is 146. The molecule has 1 aliphatic rings. The minimum atomic E-state index is 0.449. The second kappa shape index (κ2) is 7.53. The fraction of sp³-hybridized carbons (Fsp3) is 1.00. The van der Waals surface area contributed by atoms with Gasteiger partial charge in [0.25, 0.3) is 0 Å². The molecule has 0 radical (unpaired) electrons. The van der Waals surface area contributed by atoms with Crippen molar-refractivity contribution >= 4 is 11.8 Å². The standard InChI is InChI=1S/C12H25NOS/c1-3-7-13-10-12(5-4-9-15-2)6-8-14-11-12/h13H,3-11H2,1-2H3. The normalized spacial score (nSPS) is 26.0. The molecule has 0 aromatic heterocycles. The Hall–Kier alpha value is 0.270. The van der Waals surface area contributed by atoms with Crippen LogP contribution in [0.3, 0.4) is 0 Å². The van der Waals surface area contributed by atoms with Crippen LogP contribution in [0.2, 0.25) is 0 Å². The van der Waals surface area contributed by atoms with Crippen molar-refractivity contribution in [1.29, 1.82) is 0 Å². The van der Waals surface area contributed by atoms with Gasteiger partial charge in [-0.2, -0.15) is 11.8 Å². The molecule has 0 bridgehead atoms. The Morgan fingerprint density at radius 1 is 1.47 bits per heavy atom. The lowest BCUT2D eigenvalue weighted by atomic mass is 9.82. The summed E-state index contributed by atoms with van der Waals surface area (Å²) in [6.07, 6.45) is 7.32. The lowest BCUT2D eigenvalue weighted by Gasteiger charge is -2.27. The molecule has 0 aromatic carbocycles. The number of hydrogen-bond donors (Lipinski definition) is 1. The minimum Gasteiger partial charge on any atom is -0.381 e. The first-order chi connectivity index (χ1) is 7.33. The van der Waals surface area contributed by atoms with Crippen molar-refractivity contribution in [3.8, 4) is 0 Å². The van der Waals surface area contributed by atoms with Gasteiger partial charge in [0.1, 0.15) is 0 Å². The molecule has 0 spiro atoms. The van der Waals surface area contributed by atoms with Gasteiger partial charge in [0.15, 0.2) is 0 Å². The number of rotatable bonds is 8. The zero-order valence-electron chi connectivity index (χ0n) is 10.2. The Morgan fingerprint density at radius 2 is 2.33 bits per heavy atom. The van der Waals surface area contributed by atoms with Crippen LogP contribution in [0.15, 0.2) is 0 Å². The quantitative estimate of drug-likeness (QED) is 0.649. The van der Waals surface area contributed by atoms with Gasteiger partial charge in [0.2, 0.25) is 0 Å². The number of ether oxygens (including phenoxy) is 1. The molecule has 1 saturated heterocycles. The van der Waals surface area contributed by atoms with Crippen LogP contribution in [0, 0.1) is 5.41 Å². The van der Waals surface area contributed by atoms with E-state index in [-0.39, 0.29) is 0 Å². The Balaban J connectivity index is 2.26. The molecule has 0 amide bonds. The summed E-state index contributed by atoms with van der Waals surface area (Å²) in [7, 11) is 0. The number of nitrogens with one attached hydrogen (secondary N) is 1. The van der Waals surface area contributed by atoms with E-state index in [4.69, 9.17) is 4.74 Å². The molecule has 3 heteroatoms. The first-order valence-electron chi connectivity index (χ1n) is 6.10. The minimum absolute atomic E-state index is 0.449. The van der Waals surface area contributed by atoms with Crippen LogP contribution in [0.25, 0.3) is 0 Å². The van der Waals surface area contributed by atoms with E-state index < -0.39 is 0 Å². The molecule has 1 unspecified atom stereocenters. The average Bonchev–Trinajstić information content (AvgIpc) is 2.68. The highest BCUT2D eigenvalue weighted by molar-refractivity contribution is 7.98. The molecule has 1 atom stereocenters. The van der Waals surface area contributed by atoms with E-state index in [0.29, 0.717) is 5.41 Å². The zero-order chi connectivity index (χ0) is 11.0. The van der Waals surface area contributed by atoms with Gasteiger partial charge in [-0.1, -0.05) is 6.92 Å². The monoisotopic (exact) mass is 231 g/mol. The van der Waals surface area contributed by atoms with Crippen LogP contribution in [0.5, 0.6) is 0 Å². The van der Waals surface area contributed by atoms with Gasteiger partial charge < -0.3 is 10.1 Å². The predicted molar refractivity (Wildman–Crippen MR) is 68.6 cm³/mol. The highest BCUT2D eigenvalue weighted by atomic mass is 32.2. The summed E-state index contributed by atoms with van der Waals surface area (Å²) >= 11 is 1.95. The van der Waals surface area contributed by atoms with E-state index in [1.54, 1.807) is 0 Å². The SMILES string of the molecule is CCCNCC1(CCCSC)CCOC1. The summed E-state index contributed by atoms with van der Waals surface area (Å²) in [5, 5.41) is 3.56. The van der Waals surface area contributed by atoms with Gasteiger partial charge in [-0.15, -0.1) is 0 Å². The molecule has 0 saturated carbocycles. The molecule has 0 aromatic rings. The lowest BCUT2D eigenvalue weighted by molar-refractivity contribution is 0.143. The van der Waals surface area contributed by atoms with Gasteiger partial charge in [0.05, 0.1) is 6.61 Å². The van der Waals surface area contributed by atoms with Crippen molar-refractivity contribution in [2.45, 2.75) is 32.6 Å². The summed E-state index contributed by atoms with van der Waals surface area (Å²) in [6, 6.07) is 0. The molecule has 1 N–H and O–H groups in total. The maximum atomic E-state index is 5.58.